The van der Waals surface area contributed by atoms with Gasteiger partial charge in [0.25, 0.3) is 5.91 Å². The van der Waals surface area contributed by atoms with Gasteiger partial charge in [0, 0.05) is 32.8 Å². The van der Waals surface area contributed by atoms with E-state index in [0.29, 0.717) is 15.7 Å². The molecule has 2 aromatic carbocycles. The first-order valence-electron chi connectivity index (χ1n) is 9.36. The fraction of sp³-hybridized carbons (Fsp3) is 0.167. The standard InChI is InChI=1S/C24H21Cl2N3O/c1-14-8-9-20(25)12-23(14)29-15(2)10-18(17(29)4)11-19(13-27)24(30)28-22-7-5-6-21(26)16(22)3/h5-12H,1-4H3,(H,28,30)/b19-11-. The maximum atomic E-state index is 12.7. The van der Waals surface area contributed by atoms with Crippen LogP contribution in [0.5, 0.6) is 0 Å². The normalized spacial score (nSPS) is 11.3. The number of hydrogen-bond acceptors (Lipinski definition) is 2. The number of benzene rings is 2. The average Bonchev–Trinajstić information content (AvgIpc) is 2.98. The molecule has 0 radical (unpaired) electrons. The van der Waals surface area contributed by atoms with Crippen LogP contribution in [-0.2, 0) is 4.79 Å². The number of hydrogen-bond donors (Lipinski definition) is 1. The molecule has 152 valence electrons. The second-order valence-electron chi connectivity index (χ2n) is 7.13. The summed E-state index contributed by atoms with van der Waals surface area (Å²) in [5, 5.41) is 13.6. The first-order valence-corrected chi connectivity index (χ1v) is 10.1. The molecule has 30 heavy (non-hydrogen) atoms. The van der Waals surface area contributed by atoms with E-state index in [2.05, 4.69) is 9.88 Å². The highest BCUT2D eigenvalue weighted by Crippen LogP contribution is 2.28. The van der Waals surface area contributed by atoms with E-state index in [1.807, 2.05) is 58.0 Å². The van der Waals surface area contributed by atoms with Gasteiger partial charge in [-0.15, -0.1) is 0 Å². The van der Waals surface area contributed by atoms with Crippen molar-refractivity contribution >= 4 is 40.9 Å². The first kappa shape index (κ1) is 21.7. The van der Waals surface area contributed by atoms with Gasteiger partial charge in [-0.3, -0.25) is 4.79 Å². The zero-order chi connectivity index (χ0) is 22.0. The number of amides is 1. The third-order valence-electron chi connectivity index (χ3n) is 5.06. The number of nitrogens with one attached hydrogen (secondary N) is 1. The van der Waals surface area contributed by atoms with Gasteiger partial charge < -0.3 is 9.88 Å². The van der Waals surface area contributed by atoms with Gasteiger partial charge in [-0.2, -0.15) is 5.26 Å². The van der Waals surface area contributed by atoms with Crippen molar-refractivity contribution in [3.05, 3.63) is 86.2 Å². The van der Waals surface area contributed by atoms with Crippen LogP contribution in [-0.4, -0.2) is 10.5 Å². The molecule has 0 aliphatic rings. The second-order valence-corrected chi connectivity index (χ2v) is 7.97. The van der Waals surface area contributed by atoms with Gasteiger partial charge in [-0.1, -0.05) is 35.3 Å². The molecule has 0 spiro atoms. The smallest absolute Gasteiger partial charge is 0.266 e. The minimum absolute atomic E-state index is 0.0115. The highest BCUT2D eigenvalue weighted by Gasteiger charge is 2.16. The lowest BCUT2D eigenvalue weighted by molar-refractivity contribution is -0.112. The van der Waals surface area contributed by atoms with Gasteiger partial charge in [0.15, 0.2) is 0 Å². The van der Waals surface area contributed by atoms with Crippen molar-refractivity contribution in [1.82, 2.24) is 4.57 Å². The van der Waals surface area contributed by atoms with E-state index in [4.69, 9.17) is 23.2 Å². The molecule has 0 aliphatic carbocycles. The molecule has 3 rings (SSSR count). The highest BCUT2D eigenvalue weighted by atomic mass is 35.5. The quantitative estimate of drug-likeness (QED) is 0.370. The predicted octanol–water partition coefficient (Wildman–Crippen LogP) is 6.56. The second kappa shape index (κ2) is 8.79. The van der Waals surface area contributed by atoms with E-state index in [9.17, 15) is 10.1 Å². The summed E-state index contributed by atoms with van der Waals surface area (Å²) in [5.74, 6) is -0.480. The summed E-state index contributed by atoms with van der Waals surface area (Å²) >= 11 is 12.3. The van der Waals surface area contributed by atoms with Gasteiger partial charge in [-0.05, 0) is 80.8 Å². The van der Waals surface area contributed by atoms with Crippen molar-refractivity contribution < 1.29 is 4.79 Å². The summed E-state index contributed by atoms with van der Waals surface area (Å²) in [7, 11) is 0. The monoisotopic (exact) mass is 437 g/mol. The average molecular weight is 438 g/mol. The summed E-state index contributed by atoms with van der Waals surface area (Å²) in [4.78, 5) is 12.7. The SMILES string of the molecule is Cc1ccc(Cl)cc1-n1c(C)cc(/C=C(/C#N)C(=O)Nc2cccc(Cl)c2C)c1C. The van der Waals surface area contributed by atoms with Crippen LogP contribution in [0.4, 0.5) is 5.69 Å². The van der Waals surface area contributed by atoms with Crippen molar-refractivity contribution in [1.29, 1.82) is 5.26 Å². The zero-order valence-electron chi connectivity index (χ0n) is 17.2. The van der Waals surface area contributed by atoms with Crippen LogP contribution in [0.25, 0.3) is 11.8 Å². The fourth-order valence-corrected chi connectivity index (χ4v) is 3.71. The lowest BCUT2D eigenvalue weighted by Gasteiger charge is -2.13. The minimum atomic E-state index is -0.480. The van der Waals surface area contributed by atoms with E-state index >= 15 is 0 Å². The molecule has 0 bridgehead atoms. The van der Waals surface area contributed by atoms with Crippen LogP contribution >= 0.6 is 23.2 Å². The van der Waals surface area contributed by atoms with Gasteiger partial charge >= 0.3 is 0 Å². The molecule has 1 N–H and O–H groups in total. The Bertz CT molecular complexity index is 1220. The number of rotatable bonds is 4. The van der Waals surface area contributed by atoms with Gasteiger partial charge in [-0.25, -0.2) is 0 Å². The molecule has 4 nitrogen and oxygen atoms in total. The van der Waals surface area contributed by atoms with E-state index in [1.165, 1.54) is 0 Å². The topological polar surface area (TPSA) is 57.8 Å². The summed E-state index contributed by atoms with van der Waals surface area (Å²) in [6.45, 7) is 7.76. The third-order valence-corrected chi connectivity index (χ3v) is 5.71. The Labute approximate surface area is 186 Å². The number of carbonyl (C=O) groups is 1. The van der Waals surface area contributed by atoms with Gasteiger partial charge in [0.05, 0.1) is 0 Å². The molecule has 6 heteroatoms. The van der Waals surface area contributed by atoms with Gasteiger partial charge in [0.2, 0.25) is 0 Å². The van der Waals surface area contributed by atoms with E-state index in [-0.39, 0.29) is 5.57 Å². The Morgan fingerprint density at radius 2 is 1.83 bits per heavy atom. The molecule has 1 aromatic heterocycles. The number of aryl methyl sites for hydroxylation is 2. The number of halogens is 2. The summed E-state index contributed by atoms with van der Waals surface area (Å²) in [6, 6.07) is 14.9. The molecule has 1 heterocycles. The van der Waals surface area contributed by atoms with Crippen molar-refractivity contribution in [3.63, 3.8) is 0 Å². The van der Waals surface area contributed by atoms with E-state index in [0.717, 1.165) is 33.8 Å². The van der Waals surface area contributed by atoms with Gasteiger partial charge in [0.1, 0.15) is 11.6 Å². The maximum absolute atomic E-state index is 12.7. The van der Waals surface area contributed by atoms with Crippen LogP contribution in [0.3, 0.4) is 0 Å². The lowest BCUT2D eigenvalue weighted by Crippen LogP contribution is -2.14. The molecule has 0 fully saturated rings. The predicted molar refractivity (Wildman–Crippen MR) is 123 cm³/mol. The molecular formula is C24H21Cl2N3O. The zero-order valence-corrected chi connectivity index (χ0v) is 18.7. The number of aromatic nitrogens is 1. The van der Waals surface area contributed by atoms with E-state index < -0.39 is 5.91 Å². The summed E-state index contributed by atoms with van der Waals surface area (Å²) in [5.41, 5.74) is 6.07. The van der Waals surface area contributed by atoms with Crippen LogP contribution < -0.4 is 5.32 Å². The molecule has 0 atom stereocenters. The Kier molecular flexibility index (Phi) is 6.36. The highest BCUT2D eigenvalue weighted by molar-refractivity contribution is 6.32. The van der Waals surface area contributed by atoms with Crippen LogP contribution in [0.2, 0.25) is 10.0 Å². The maximum Gasteiger partial charge on any atom is 0.266 e. The Hall–Kier alpha value is -3.00. The number of nitrogens with zero attached hydrogens (tertiary/aromatic N) is 2. The number of anilines is 1. The first-order chi connectivity index (χ1) is 14.2. The lowest BCUT2D eigenvalue weighted by atomic mass is 10.1. The third kappa shape index (κ3) is 4.28. The Morgan fingerprint density at radius 3 is 2.53 bits per heavy atom. The Morgan fingerprint density at radius 1 is 1.10 bits per heavy atom. The molecule has 0 aliphatic heterocycles. The molecular weight excluding hydrogens is 417 g/mol. The van der Waals surface area contributed by atoms with Crippen molar-refractivity contribution in [2.75, 3.05) is 5.32 Å². The summed E-state index contributed by atoms with van der Waals surface area (Å²) < 4.78 is 2.07. The number of carbonyl (C=O) groups excluding carboxylic acids is 1. The fourth-order valence-electron chi connectivity index (χ4n) is 3.36. The summed E-state index contributed by atoms with van der Waals surface area (Å²) in [6.07, 6.45) is 1.61. The van der Waals surface area contributed by atoms with E-state index in [1.54, 1.807) is 24.3 Å². The minimum Gasteiger partial charge on any atom is -0.321 e. The van der Waals surface area contributed by atoms with Crippen molar-refractivity contribution in [3.8, 4) is 11.8 Å². The van der Waals surface area contributed by atoms with Crippen molar-refractivity contribution in [2.45, 2.75) is 27.7 Å². The number of nitriles is 1. The van der Waals surface area contributed by atoms with Crippen LogP contribution in [0.1, 0.15) is 28.1 Å². The molecule has 1 amide bonds. The molecule has 0 saturated carbocycles. The molecule has 0 unspecified atom stereocenters. The van der Waals surface area contributed by atoms with Crippen molar-refractivity contribution in [2.24, 2.45) is 0 Å². The van der Waals surface area contributed by atoms with Crippen LogP contribution in [0.15, 0.2) is 48.0 Å². The molecule has 0 saturated heterocycles. The van der Waals surface area contributed by atoms with Crippen LogP contribution in [0, 0.1) is 39.0 Å². The molecule has 3 aromatic rings. The Balaban J connectivity index is 1.99. The largest absolute Gasteiger partial charge is 0.321 e.